The van der Waals surface area contributed by atoms with Gasteiger partial charge in [0.05, 0.1) is 40.5 Å². The number of H-pyrrole nitrogens is 1. The van der Waals surface area contributed by atoms with E-state index in [9.17, 15) is 9.59 Å². The lowest BCUT2D eigenvalue weighted by Crippen LogP contribution is -2.36. The van der Waals surface area contributed by atoms with Gasteiger partial charge in [0.15, 0.2) is 0 Å². The molecule has 0 unspecified atom stereocenters. The maximum Gasteiger partial charge on any atom is 0.329 e. The Morgan fingerprint density at radius 1 is 0.935 bits per heavy atom. The summed E-state index contributed by atoms with van der Waals surface area (Å²) in [6, 6.07) is 21.5. The first kappa shape index (κ1) is 22.3. The zero-order valence-electron chi connectivity index (χ0n) is 16.7. The van der Waals surface area contributed by atoms with Crippen molar-refractivity contribution in [3.63, 3.8) is 0 Å². The number of alkyl halides is 1. The van der Waals surface area contributed by atoms with Gasteiger partial charge in [-0.3, -0.25) is 14.3 Å². The van der Waals surface area contributed by atoms with Crippen LogP contribution < -0.4 is 11.2 Å². The van der Waals surface area contributed by atoms with Crippen LogP contribution in [-0.4, -0.2) is 31.4 Å². The first-order valence-corrected chi connectivity index (χ1v) is 12.2. The highest BCUT2D eigenvalue weighted by molar-refractivity contribution is 14.1. The Hall–Kier alpha value is -1.88. The predicted molar refractivity (Wildman–Crippen MR) is 131 cm³/mol. The van der Waals surface area contributed by atoms with Gasteiger partial charge in [0.25, 0.3) is 5.56 Å². The summed E-state index contributed by atoms with van der Waals surface area (Å²) in [5.74, 6) is 0. The molecule has 4 atom stereocenters. The van der Waals surface area contributed by atoms with Crippen LogP contribution in [0.25, 0.3) is 0 Å². The minimum absolute atomic E-state index is 0.0280. The van der Waals surface area contributed by atoms with Gasteiger partial charge in [0, 0.05) is 12.3 Å². The lowest BCUT2D eigenvalue weighted by molar-refractivity contribution is 0.0190. The highest BCUT2D eigenvalue weighted by atomic mass is 127. The number of thioether (sulfide) groups is 1. The Morgan fingerprint density at radius 3 is 2.23 bits per heavy atom. The van der Waals surface area contributed by atoms with Gasteiger partial charge >= 0.3 is 5.69 Å². The van der Waals surface area contributed by atoms with Crippen molar-refractivity contribution in [2.75, 3.05) is 6.61 Å². The molecule has 2 aromatic carbocycles. The van der Waals surface area contributed by atoms with Crippen molar-refractivity contribution >= 4 is 34.4 Å². The number of hydrogen-bond acceptors (Lipinski definition) is 5. The molecular formula is C23H23IN2O4S. The highest BCUT2D eigenvalue weighted by Crippen LogP contribution is 2.47. The molecule has 0 radical (unpaired) electrons. The average molecular weight is 550 g/mol. The van der Waals surface area contributed by atoms with Crippen molar-refractivity contribution in [2.24, 2.45) is 0 Å². The number of benzene rings is 2. The van der Waals surface area contributed by atoms with Crippen LogP contribution in [0.4, 0.5) is 0 Å². The van der Waals surface area contributed by atoms with Crippen molar-refractivity contribution in [3.05, 3.63) is 105 Å². The van der Waals surface area contributed by atoms with E-state index in [4.69, 9.17) is 9.47 Å². The predicted octanol–water partition coefficient (Wildman–Crippen LogP) is 3.76. The summed E-state index contributed by atoms with van der Waals surface area (Å²) in [6.45, 7) is 1.53. The number of nitrogens with zero attached hydrogens (tertiary/aromatic N) is 1. The molecule has 1 saturated heterocycles. The largest absolute Gasteiger partial charge is 0.376 e. The van der Waals surface area contributed by atoms with Gasteiger partial charge in [-0.05, 0) is 11.1 Å². The standard InChI is InChI=1S/C23H23IN2O4S/c24-20-21(30-14-17-9-5-2-6-10-17)18(15-29-13-16-7-3-1-4-8-16)31-22(20)26-12-11-19(27)25-23(26)28/h1-12,18,20-22H,13-15H2,(H,25,27,28)/t18-,20-,21-,22-/m1/s1. The Kier molecular flexibility index (Phi) is 7.65. The second-order valence-electron chi connectivity index (χ2n) is 7.29. The SMILES string of the molecule is O=c1ccn([C@@H]2S[C@H](COCc3ccccc3)[C@@H](OCc3ccccc3)[C@H]2I)c(=O)[nH]1. The number of aromatic amines is 1. The van der Waals surface area contributed by atoms with E-state index in [0.29, 0.717) is 19.8 Å². The van der Waals surface area contributed by atoms with Crippen molar-refractivity contribution in [3.8, 4) is 0 Å². The molecule has 4 rings (SSSR count). The summed E-state index contributed by atoms with van der Waals surface area (Å²) in [4.78, 5) is 26.2. The van der Waals surface area contributed by atoms with Gasteiger partial charge in [-0.25, -0.2) is 4.79 Å². The summed E-state index contributed by atoms with van der Waals surface area (Å²) in [6.07, 6.45) is 1.46. The summed E-state index contributed by atoms with van der Waals surface area (Å²) < 4.78 is 14.0. The zero-order valence-corrected chi connectivity index (χ0v) is 19.7. The molecule has 1 aliphatic heterocycles. The highest BCUT2D eigenvalue weighted by Gasteiger charge is 2.45. The minimum atomic E-state index is -0.403. The molecule has 0 bridgehead atoms. The maximum absolute atomic E-state index is 12.4. The van der Waals surface area contributed by atoms with Crippen molar-refractivity contribution < 1.29 is 9.47 Å². The molecule has 1 fully saturated rings. The summed E-state index contributed by atoms with van der Waals surface area (Å²) in [5.41, 5.74) is 1.42. The molecule has 1 aromatic heterocycles. The molecule has 0 saturated carbocycles. The van der Waals surface area contributed by atoms with E-state index in [1.807, 2.05) is 60.7 Å². The first-order valence-electron chi connectivity index (χ1n) is 10.00. The number of ether oxygens (including phenoxy) is 2. The smallest absolute Gasteiger partial charge is 0.329 e. The van der Waals surface area contributed by atoms with Crippen LogP contribution in [0.5, 0.6) is 0 Å². The molecular weight excluding hydrogens is 527 g/mol. The molecule has 0 spiro atoms. The van der Waals surface area contributed by atoms with Crippen LogP contribution in [0, 0.1) is 0 Å². The van der Waals surface area contributed by atoms with Crippen molar-refractivity contribution in [2.45, 2.75) is 33.9 Å². The second-order valence-corrected chi connectivity index (χ2v) is 10.1. The van der Waals surface area contributed by atoms with E-state index in [-0.39, 0.29) is 20.7 Å². The molecule has 3 aromatic rings. The third-order valence-electron chi connectivity index (χ3n) is 5.07. The van der Waals surface area contributed by atoms with E-state index < -0.39 is 11.2 Å². The quantitative estimate of drug-likeness (QED) is 0.342. The van der Waals surface area contributed by atoms with Gasteiger partial charge in [-0.15, -0.1) is 11.8 Å². The number of aromatic nitrogens is 2. The topological polar surface area (TPSA) is 73.3 Å². The molecule has 8 heteroatoms. The van der Waals surface area contributed by atoms with Crippen LogP contribution in [0.15, 0.2) is 82.5 Å². The third kappa shape index (κ3) is 5.68. The van der Waals surface area contributed by atoms with Gasteiger partial charge in [-0.2, -0.15) is 0 Å². The number of nitrogens with one attached hydrogen (secondary N) is 1. The molecule has 0 aliphatic carbocycles. The fourth-order valence-corrected chi connectivity index (χ4v) is 6.90. The summed E-state index contributed by atoms with van der Waals surface area (Å²) in [7, 11) is 0. The second kappa shape index (κ2) is 10.6. The van der Waals surface area contributed by atoms with Crippen molar-refractivity contribution in [1.29, 1.82) is 0 Å². The number of halogens is 1. The third-order valence-corrected chi connectivity index (χ3v) is 8.50. The lowest BCUT2D eigenvalue weighted by Gasteiger charge is -2.22. The van der Waals surface area contributed by atoms with Crippen LogP contribution in [0.1, 0.15) is 16.5 Å². The van der Waals surface area contributed by atoms with Gasteiger partial charge < -0.3 is 9.47 Å². The molecule has 31 heavy (non-hydrogen) atoms. The van der Waals surface area contributed by atoms with E-state index in [1.54, 1.807) is 22.5 Å². The molecule has 2 heterocycles. The Bertz CT molecular complexity index is 1090. The fraction of sp³-hybridized carbons (Fsp3) is 0.304. The van der Waals surface area contributed by atoms with Gasteiger partial charge in [-0.1, -0.05) is 83.3 Å². The molecule has 6 nitrogen and oxygen atoms in total. The van der Waals surface area contributed by atoms with E-state index in [2.05, 4.69) is 27.6 Å². The lowest BCUT2D eigenvalue weighted by atomic mass is 10.1. The Morgan fingerprint density at radius 2 is 1.58 bits per heavy atom. The maximum atomic E-state index is 12.4. The van der Waals surface area contributed by atoms with Gasteiger partial charge in [0.2, 0.25) is 0 Å². The number of rotatable bonds is 8. The van der Waals surface area contributed by atoms with Crippen molar-refractivity contribution in [1.82, 2.24) is 9.55 Å². The number of hydrogen-bond donors (Lipinski definition) is 1. The van der Waals surface area contributed by atoms with Crippen LogP contribution in [0.2, 0.25) is 0 Å². The Labute approximate surface area is 198 Å². The first-order chi connectivity index (χ1) is 15.1. The monoisotopic (exact) mass is 550 g/mol. The summed E-state index contributed by atoms with van der Waals surface area (Å²) in [5, 5.41) is -0.103. The van der Waals surface area contributed by atoms with E-state index in [1.165, 1.54) is 6.07 Å². The summed E-state index contributed by atoms with van der Waals surface area (Å²) >= 11 is 4.01. The van der Waals surface area contributed by atoms with Crippen LogP contribution in [-0.2, 0) is 22.7 Å². The van der Waals surface area contributed by atoms with E-state index in [0.717, 1.165) is 11.1 Å². The molecule has 1 N–H and O–H groups in total. The van der Waals surface area contributed by atoms with Crippen LogP contribution in [0.3, 0.4) is 0 Å². The average Bonchev–Trinajstić information content (AvgIpc) is 3.09. The molecule has 162 valence electrons. The Balaban J connectivity index is 1.49. The molecule has 0 amide bonds. The fourth-order valence-electron chi connectivity index (χ4n) is 3.51. The minimum Gasteiger partial charge on any atom is -0.376 e. The normalized spacial score (nSPS) is 23.1. The molecule has 1 aliphatic rings. The van der Waals surface area contributed by atoms with Crippen LogP contribution >= 0.6 is 34.4 Å². The van der Waals surface area contributed by atoms with Gasteiger partial charge in [0.1, 0.15) is 0 Å². The zero-order chi connectivity index (χ0) is 21.6. The van der Waals surface area contributed by atoms with E-state index >= 15 is 0 Å².